The number of amides is 1. The molecule has 0 spiro atoms. The van der Waals surface area contributed by atoms with Crippen LogP contribution < -0.4 is 0 Å². The average Bonchev–Trinajstić information content (AvgIpc) is 3.19. The second-order valence-corrected chi connectivity index (χ2v) is 7.56. The number of halogens is 1. The summed E-state index contributed by atoms with van der Waals surface area (Å²) in [5.74, 6) is 0.293. The van der Waals surface area contributed by atoms with Crippen LogP contribution in [0.1, 0.15) is 46.3 Å². The molecule has 2 atom stereocenters. The lowest BCUT2D eigenvalue weighted by molar-refractivity contribution is 0.0637. The summed E-state index contributed by atoms with van der Waals surface area (Å²) in [6.45, 7) is 1.94. The van der Waals surface area contributed by atoms with Crippen LogP contribution in [0.4, 0.5) is 4.39 Å². The summed E-state index contributed by atoms with van der Waals surface area (Å²) in [6, 6.07) is 8.16. The first-order chi connectivity index (χ1) is 13.5. The van der Waals surface area contributed by atoms with E-state index in [1.807, 2.05) is 31.1 Å². The molecule has 2 aromatic heterocycles. The predicted molar refractivity (Wildman–Crippen MR) is 101 cm³/mol. The minimum absolute atomic E-state index is 0.00849. The highest BCUT2D eigenvalue weighted by molar-refractivity contribution is 5.93. The van der Waals surface area contributed by atoms with E-state index in [1.54, 1.807) is 16.8 Å². The van der Waals surface area contributed by atoms with Crippen molar-refractivity contribution in [2.45, 2.75) is 38.3 Å². The van der Waals surface area contributed by atoms with Crippen LogP contribution >= 0.6 is 0 Å². The Morgan fingerprint density at radius 2 is 2.00 bits per heavy atom. The van der Waals surface area contributed by atoms with Crippen molar-refractivity contribution >= 4 is 5.91 Å². The Kier molecular flexibility index (Phi) is 3.79. The van der Waals surface area contributed by atoms with E-state index in [4.69, 9.17) is 4.98 Å². The average molecular weight is 377 g/mol. The third-order valence-corrected chi connectivity index (χ3v) is 5.86. The highest BCUT2D eigenvalue weighted by atomic mass is 19.1. The summed E-state index contributed by atoms with van der Waals surface area (Å²) in [6.07, 6.45) is 4.40. The summed E-state index contributed by atoms with van der Waals surface area (Å²) in [5, 5.41) is 4.36. The van der Waals surface area contributed by atoms with E-state index in [9.17, 15) is 9.18 Å². The van der Waals surface area contributed by atoms with E-state index in [-0.39, 0.29) is 23.8 Å². The van der Waals surface area contributed by atoms with Gasteiger partial charge in [0, 0.05) is 42.5 Å². The summed E-state index contributed by atoms with van der Waals surface area (Å²) >= 11 is 0. The number of benzene rings is 1. The van der Waals surface area contributed by atoms with Crippen molar-refractivity contribution in [2.24, 2.45) is 7.05 Å². The minimum Gasteiger partial charge on any atom is -0.327 e. The van der Waals surface area contributed by atoms with Crippen molar-refractivity contribution in [3.05, 3.63) is 65.0 Å². The Morgan fingerprint density at radius 1 is 1.21 bits per heavy atom. The number of hydrogen-bond donors (Lipinski definition) is 0. The summed E-state index contributed by atoms with van der Waals surface area (Å²) < 4.78 is 14.9. The molecule has 2 aliphatic rings. The molecule has 2 aliphatic heterocycles. The van der Waals surface area contributed by atoms with Crippen LogP contribution in [0.3, 0.4) is 0 Å². The van der Waals surface area contributed by atoms with Crippen LogP contribution in [0.2, 0.25) is 0 Å². The zero-order valence-electron chi connectivity index (χ0n) is 15.8. The number of carbonyl (C=O) groups is 1. The first-order valence-corrected chi connectivity index (χ1v) is 9.46. The van der Waals surface area contributed by atoms with Crippen molar-refractivity contribution in [3.63, 3.8) is 0 Å². The fraction of sp³-hybridized carbons (Fsp3) is 0.333. The fourth-order valence-electron chi connectivity index (χ4n) is 4.32. The SMILES string of the molecule is Cc1cc(C(=O)N2C3CCC2c2cnc(-c4ccc(F)cc4)nc2C3)nn1C. The lowest BCUT2D eigenvalue weighted by atomic mass is 9.98. The molecule has 2 unspecified atom stereocenters. The van der Waals surface area contributed by atoms with E-state index in [0.29, 0.717) is 17.9 Å². The van der Waals surface area contributed by atoms with Crippen LogP contribution in [-0.4, -0.2) is 36.6 Å². The molecule has 6 nitrogen and oxygen atoms in total. The number of aromatic nitrogens is 4. The third kappa shape index (κ3) is 2.61. The number of hydrogen-bond acceptors (Lipinski definition) is 4. The van der Waals surface area contributed by atoms with E-state index in [1.165, 1.54) is 12.1 Å². The lowest BCUT2D eigenvalue weighted by Crippen LogP contribution is -2.42. The van der Waals surface area contributed by atoms with Gasteiger partial charge in [-0.2, -0.15) is 5.10 Å². The standard InChI is InChI=1S/C21H20FN5O/c1-12-9-18(25-26(12)2)21(28)27-15-7-8-19(27)16-11-23-20(24-17(16)10-15)13-3-5-14(22)6-4-13/h3-6,9,11,15,19H,7-8,10H2,1-2H3. The molecule has 0 saturated carbocycles. The molecule has 0 aliphatic carbocycles. The third-order valence-electron chi connectivity index (χ3n) is 5.86. The second kappa shape index (κ2) is 6.22. The van der Waals surface area contributed by atoms with Gasteiger partial charge in [-0.3, -0.25) is 9.48 Å². The molecular formula is C21H20FN5O. The highest BCUT2D eigenvalue weighted by Crippen LogP contribution is 2.43. The van der Waals surface area contributed by atoms with Gasteiger partial charge in [-0.1, -0.05) is 0 Å². The van der Waals surface area contributed by atoms with Crippen molar-refractivity contribution in [2.75, 3.05) is 0 Å². The van der Waals surface area contributed by atoms with Crippen LogP contribution in [0.25, 0.3) is 11.4 Å². The molecule has 28 heavy (non-hydrogen) atoms. The van der Waals surface area contributed by atoms with Gasteiger partial charge < -0.3 is 4.90 Å². The molecule has 5 rings (SSSR count). The minimum atomic E-state index is -0.279. The maximum Gasteiger partial charge on any atom is 0.275 e. The van der Waals surface area contributed by atoms with E-state index >= 15 is 0 Å². The molecule has 7 heteroatoms. The number of aryl methyl sites for hydroxylation is 2. The Balaban J connectivity index is 1.48. The first kappa shape index (κ1) is 17.0. The van der Waals surface area contributed by atoms with Crippen LogP contribution in [0, 0.1) is 12.7 Å². The molecule has 0 N–H and O–H groups in total. The monoisotopic (exact) mass is 377 g/mol. The van der Waals surface area contributed by atoms with Gasteiger partial charge in [0.2, 0.25) is 0 Å². The van der Waals surface area contributed by atoms with Crippen molar-refractivity contribution in [3.8, 4) is 11.4 Å². The topological polar surface area (TPSA) is 63.9 Å². The second-order valence-electron chi connectivity index (χ2n) is 7.56. The highest BCUT2D eigenvalue weighted by Gasteiger charge is 2.44. The van der Waals surface area contributed by atoms with Gasteiger partial charge in [0.05, 0.1) is 11.7 Å². The van der Waals surface area contributed by atoms with E-state index in [2.05, 4.69) is 10.1 Å². The van der Waals surface area contributed by atoms with Gasteiger partial charge in [0.25, 0.3) is 5.91 Å². The molecule has 4 heterocycles. The molecule has 1 aromatic carbocycles. The number of fused-ring (bicyclic) bond motifs is 4. The summed E-state index contributed by atoms with van der Waals surface area (Å²) in [4.78, 5) is 24.3. The number of rotatable bonds is 2. The van der Waals surface area contributed by atoms with Crippen LogP contribution in [0.15, 0.2) is 36.5 Å². The Hall–Kier alpha value is -3.09. The Morgan fingerprint density at radius 3 is 2.71 bits per heavy atom. The molecule has 1 fully saturated rings. The Labute approximate surface area is 162 Å². The van der Waals surface area contributed by atoms with Gasteiger partial charge in [-0.15, -0.1) is 0 Å². The normalized spacial score (nSPS) is 20.3. The van der Waals surface area contributed by atoms with Crippen molar-refractivity contribution in [1.82, 2.24) is 24.6 Å². The molecular weight excluding hydrogens is 357 g/mol. The Bertz CT molecular complexity index is 1060. The van der Waals surface area contributed by atoms with E-state index in [0.717, 1.165) is 35.4 Å². The largest absolute Gasteiger partial charge is 0.327 e. The van der Waals surface area contributed by atoms with Crippen LogP contribution in [0.5, 0.6) is 0 Å². The zero-order chi connectivity index (χ0) is 19.4. The van der Waals surface area contributed by atoms with Gasteiger partial charge in [0.1, 0.15) is 5.82 Å². The summed E-state index contributed by atoms with van der Waals surface area (Å²) in [5.41, 5.74) is 4.24. The molecule has 1 amide bonds. The maximum atomic E-state index is 13.2. The van der Waals surface area contributed by atoms with Gasteiger partial charge in [0.15, 0.2) is 11.5 Å². The van der Waals surface area contributed by atoms with Crippen LogP contribution in [-0.2, 0) is 13.5 Å². The fourth-order valence-corrected chi connectivity index (χ4v) is 4.32. The molecule has 142 valence electrons. The van der Waals surface area contributed by atoms with Gasteiger partial charge in [-0.25, -0.2) is 14.4 Å². The molecule has 3 aromatic rings. The van der Waals surface area contributed by atoms with Crippen molar-refractivity contribution < 1.29 is 9.18 Å². The van der Waals surface area contributed by atoms with Gasteiger partial charge >= 0.3 is 0 Å². The molecule has 2 bridgehead atoms. The predicted octanol–water partition coefficient (Wildman–Crippen LogP) is 3.23. The maximum absolute atomic E-state index is 13.2. The zero-order valence-corrected chi connectivity index (χ0v) is 15.8. The number of carbonyl (C=O) groups excluding carboxylic acids is 1. The smallest absolute Gasteiger partial charge is 0.275 e. The number of nitrogens with zero attached hydrogens (tertiary/aromatic N) is 5. The van der Waals surface area contributed by atoms with Crippen molar-refractivity contribution in [1.29, 1.82) is 0 Å². The molecule has 1 saturated heterocycles. The first-order valence-electron chi connectivity index (χ1n) is 9.46. The lowest BCUT2D eigenvalue weighted by Gasteiger charge is -2.35. The van der Waals surface area contributed by atoms with Gasteiger partial charge in [-0.05, 0) is 50.1 Å². The molecule has 0 radical (unpaired) electrons. The summed E-state index contributed by atoms with van der Waals surface area (Å²) in [7, 11) is 1.84. The van der Waals surface area contributed by atoms with E-state index < -0.39 is 0 Å². The quantitative estimate of drug-likeness (QED) is 0.688.